The maximum atomic E-state index is 13.5. The zero-order chi connectivity index (χ0) is 33.5. The van der Waals surface area contributed by atoms with Crippen LogP contribution in [0.15, 0.2) is 11.6 Å². The molecule has 0 radical (unpaired) electrons. The van der Waals surface area contributed by atoms with Crippen LogP contribution in [0, 0.1) is 58.2 Å². The molecule has 10 atom stereocenters. The molecule has 0 aliphatic heterocycles. The van der Waals surface area contributed by atoms with Crippen LogP contribution in [0.5, 0.6) is 0 Å². The van der Waals surface area contributed by atoms with E-state index in [0.29, 0.717) is 31.0 Å². The van der Waals surface area contributed by atoms with E-state index in [2.05, 4.69) is 59.9 Å². The molecule has 0 heterocycles. The molecule has 3 fully saturated rings. The summed E-state index contributed by atoms with van der Waals surface area (Å²) in [6.45, 7) is 21.5. The fourth-order valence-electron chi connectivity index (χ4n) is 10.7. The highest BCUT2D eigenvalue weighted by Gasteiger charge is 2.59. The highest BCUT2D eigenvalue weighted by molar-refractivity contribution is 5.68. The largest absolute Gasteiger partial charge is 0.446 e. The van der Waals surface area contributed by atoms with Gasteiger partial charge in [0.05, 0.1) is 0 Å². The van der Waals surface area contributed by atoms with E-state index in [0.717, 1.165) is 87.2 Å². The van der Waals surface area contributed by atoms with E-state index < -0.39 is 0 Å². The lowest BCUT2D eigenvalue weighted by Gasteiger charge is -2.58. The second-order valence-electron chi connectivity index (χ2n) is 17.6. The number of ether oxygens (including phenoxy) is 1. The number of nitrogens with zero attached hydrogens (tertiary/aromatic N) is 1. The van der Waals surface area contributed by atoms with Crippen molar-refractivity contribution in [3.63, 3.8) is 0 Å². The summed E-state index contributed by atoms with van der Waals surface area (Å²) in [5.41, 5.74) is 14.1. The van der Waals surface area contributed by atoms with Crippen molar-refractivity contribution in [1.29, 1.82) is 0 Å². The minimum atomic E-state index is -0.138. The van der Waals surface area contributed by atoms with Crippen LogP contribution in [-0.2, 0) is 4.74 Å². The van der Waals surface area contributed by atoms with Gasteiger partial charge < -0.3 is 26.4 Å². The molecule has 3 saturated carbocycles. The van der Waals surface area contributed by atoms with E-state index in [9.17, 15) is 4.79 Å². The normalized spacial score (nSPS) is 34.2. The monoisotopic (exact) mass is 643 g/mol. The van der Waals surface area contributed by atoms with Crippen LogP contribution in [0.3, 0.4) is 0 Å². The van der Waals surface area contributed by atoms with Crippen molar-refractivity contribution >= 4 is 6.09 Å². The number of amides is 1. The first-order valence-electron chi connectivity index (χ1n) is 19.7. The molecule has 0 bridgehead atoms. The third kappa shape index (κ3) is 8.91. The summed E-state index contributed by atoms with van der Waals surface area (Å²) in [4.78, 5) is 15.5. The fraction of sp³-hybridized carbons (Fsp3) is 0.925. The molecular formula is C40H74N4O2. The highest BCUT2D eigenvalue weighted by Crippen LogP contribution is 2.67. The van der Waals surface area contributed by atoms with Crippen molar-refractivity contribution in [3.8, 4) is 0 Å². The van der Waals surface area contributed by atoms with Gasteiger partial charge in [-0.05, 0) is 142 Å². The van der Waals surface area contributed by atoms with E-state index in [1.54, 1.807) is 5.57 Å². The molecule has 4 aliphatic carbocycles. The van der Waals surface area contributed by atoms with Crippen molar-refractivity contribution in [2.24, 2.45) is 69.6 Å². The summed E-state index contributed by atoms with van der Waals surface area (Å²) in [6, 6.07) is 0. The molecule has 6 heteroatoms. The number of hydrogen-bond donors (Lipinski definition) is 3. The Kier molecular flexibility index (Phi) is 13.9. The molecule has 5 N–H and O–H groups in total. The van der Waals surface area contributed by atoms with Gasteiger partial charge in [0.15, 0.2) is 0 Å². The smallest absolute Gasteiger partial charge is 0.410 e. The van der Waals surface area contributed by atoms with Crippen LogP contribution >= 0.6 is 0 Å². The van der Waals surface area contributed by atoms with Crippen LogP contribution in [0.4, 0.5) is 4.79 Å². The number of carbonyl (C=O) groups excluding carboxylic acids is 1. The van der Waals surface area contributed by atoms with Gasteiger partial charge in [-0.2, -0.15) is 0 Å². The van der Waals surface area contributed by atoms with Crippen LogP contribution in [0.25, 0.3) is 0 Å². The molecule has 0 aromatic carbocycles. The standard InChI is InChI=1S/C40H74N4O2/c1-28(2)11-10-12-31(5)35-15-16-36-34-14-13-32-23-33(17-19-39(32,6)37(34)18-20-40(35,36)7)46-38(45)44(27-30(4)25-42)22-9-8-21-43-26-29(3)24-41/h13,28-31,33-37,43H,8-12,14-27,41-42H2,1-7H3/t29?,30?,31-,33?,34?,35?,36?,37?,39?,40?/m1/s1. The number of unbranched alkanes of at least 4 members (excludes halogenated alkanes) is 1. The van der Waals surface area contributed by atoms with Crippen molar-refractivity contribution in [3.05, 3.63) is 11.6 Å². The van der Waals surface area contributed by atoms with Crippen molar-refractivity contribution in [2.75, 3.05) is 39.3 Å². The molecule has 4 aliphatic rings. The summed E-state index contributed by atoms with van der Waals surface area (Å²) < 4.78 is 6.30. The predicted octanol–water partition coefficient (Wildman–Crippen LogP) is 8.39. The molecule has 46 heavy (non-hydrogen) atoms. The lowest BCUT2D eigenvalue weighted by atomic mass is 9.47. The molecule has 4 rings (SSSR count). The molecule has 6 nitrogen and oxygen atoms in total. The molecule has 266 valence electrons. The maximum Gasteiger partial charge on any atom is 0.410 e. The summed E-state index contributed by atoms with van der Waals surface area (Å²) in [6.07, 6.45) is 18.7. The van der Waals surface area contributed by atoms with E-state index >= 15 is 0 Å². The van der Waals surface area contributed by atoms with E-state index in [1.807, 2.05) is 4.90 Å². The minimum absolute atomic E-state index is 0.00474. The molecule has 0 aromatic heterocycles. The first kappa shape index (κ1) is 37.7. The number of hydrogen-bond acceptors (Lipinski definition) is 5. The Labute approximate surface area is 284 Å². The van der Waals surface area contributed by atoms with Gasteiger partial charge in [0.25, 0.3) is 0 Å². The SMILES string of the molecule is CC(C)CCC[C@@H](C)C1CCC2C3CC=C4CC(OC(=O)N(CCCCNCC(C)CN)CC(C)CN)CCC4(C)C3CCC21C. The first-order chi connectivity index (χ1) is 21.9. The van der Waals surface area contributed by atoms with Crippen LogP contribution < -0.4 is 16.8 Å². The Hall–Kier alpha value is -1.11. The number of nitrogens with two attached hydrogens (primary N) is 2. The van der Waals surface area contributed by atoms with Gasteiger partial charge in [-0.15, -0.1) is 0 Å². The Balaban J connectivity index is 1.33. The van der Waals surface area contributed by atoms with Gasteiger partial charge in [-0.25, -0.2) is 4.79 Å². The average molecular weight is 643 g/mol. The van der Waals surface area contributed by atoms with Crippen molar-refractivity contribution in [1.82, 2.24) is 10.2 Å². The molecular weight excluding hydrogens is 568 g/mol. The number of allylic oxidation sites excluding steroid dienone is 1. The number of nitrogens with one attached hydrogen (secondary N) is 1. The third-order valence-corrected chi connectivity index (χ3v) is 13.6. The van der Waals surface area contributed by atoms with E-state index in [4.69, 9.17) is 16.2 Å². The summed E-state index contributed by atoms with van der Waals surface area (Å²) in [5, 5.41) is 3.50. The second kappa shape index (κ2) is 17.0. The van der Waals surface area contributed by atoms with Crippen molar-refractivity contribution < 1.29 is 9.53 Å². The van der Waals surface area contributed by atoms with Gasteiger partial charge in [0.1, 0.15) is 6.10 Å². The van der Waals surface area contributed by atoms with E-state index in [1.165, 1.54) is 51.4 Å². The van der Waals surface area contributed by atoms with Crippen molar-refractivity contribution in [2.45, 2.75) is 138 Å². The Morgan fingerprint density at radius 3 is 2.43 bits per heavy atom. The molecule has 0 aromatic rings. The second-order valence-corrected chi connectivity index (χ2v) is 17.6. The Morgan fingerprint density at radius 1 is 0.957 bits per heavy atom. The first-order valence-corrected chi connectivity index (χ1v) is 19.7. The molecule has 9 unspecified atom stereocenters. The molecule has 0 saturated heterocycles. The van der Waals surface area contributed by atoms with Gasteiger partial charge in [0, 0.05) is 19.5 Å². The maximum absolute atomic E-state index is 13.5. The van der Waals surface area contributed by atoms with E-state index in [-0.39, 0.29) is 23.5 Å². The topological polar surface area (TPSA) is 93.6 Å². The number of fused-ring (bicyclic) bond motifs is 5. The number of rotatable bonds is 17. The lowest BCUT2D eigenvalue weighted by Crippen LogP contribution is -2.51. The summed E-state index contributed by atoms with van der Waals surface area (Å²) in [7, 11) is 0. The number of carbonyl (C=O) groups is 1. The quantitative estimate of drug-likeness (QED) is 0.109. The Bertz CT molecular complexity index is 984. The average Bonchev–Trinajstić information content (AvgIpc) is 3.39. The molecule has 1 amide bonds. The van der Waals surface area contributed by atoms with Gasteiger partial charge in [-0.1, -0.05) is 79.4 Å². The van der Waals surface area contributed by atoms with Gasteiger partial charge in [-0.3, -0.25) is 0 Å². The van der Waals surface area contributed by atoms with Gasteiger partial charge in [0.2, 0.25) is 0 Å². The lowest BCUT2D eigenvalue weighted by molar-refractivity contribution is -0.0594. The minimum Gasteiger partial charge on any atom is -0.446 e. The fourth-order valence-corrected chi connectivity index (χ4v) is 10.7. The molecule has 0 spiro atoms. The zero-order valence-corrected chi connectivity index (χ0v) is 31.1. The summed E-state index contributed by atoms with van der Waals surface area (Å²) in [5.74, 6) is 5.84. The Morgan fingerprint density at radius 2 is 1.72 bits per heavy atom. The highest BCUT2D eigenvalue weighted by atomic mass is 16.6. The van der Waals surface area contributed by atoms with Crippen LogP contribution in [0.1, 0.15) is 132 Å². The third-order valence-electron chi connectivity index (χ3n) is 13.6. The predicted molar refractivity (Wildman–Crippen MR) is 193 cm³/mol. The van der Waals surface area contributed by atoms with Gasteiger partial charge >= 0.3 is 6.09 Å². The van der Waals surface area contributed by atoms with Crippen LogP contribution in [0.2, 0.25) is 0 Å². The summed E-state index contributed by atoms with van der Waals surface area (Å²) >= 11 is 0. The van der Waals surface area contributed by atoms with Crippen LogP contribution in [-0.4, -0.2) is 56.4 Å². The zero-order valence-electron chi connectivity index (χ0n) is 31.1.